The van der Waals surface area contributed by atoms with Crippen LogP contribution in [0.25, 0.3) is 0 Å². The van der Waals surface area contributed by atoms with Gasteiger partial charge >= 0.3 is 0 Å². The summed E-state index contributed by atoms with van der Waals surface area (Å²) in [5.74, 6) is 0.941. The number of likely N-dealkylation sites (tertiary alicyclic amines) is 1. The Labute approximate surface area is 133 Å². The SMILES string of the molecule is Cc1ocnc1C(=O)N1CCC(c2cc(=O)[nH]c(N(C)C)n2)C1. The summed E-state index contributed by atoms with van der Waals surface area (Å²) < 4.78 is 5.09. The Bertz CT molecular complexity index is 779. The second-order valence-corrected chi connectivity index (χ2v) is 5.88. The van der Waals surface area contributed by atoms with Crippen LogP contribution in [0.5, 0.6) is 0 Å². The molecule has 8 nitrogen and oxygen atoms in total. The van der Waals surface area contributed by atoms with Crippen molar-refractivity contribution in [1.82, 2.24) is 19.9 Å². The average molecular weight is 317 g/mol. The largest absolute Gasteiger partial charge is 0.448 e. The minimum Gasteiger partial charge on any atom is -0.448 e. The first-order valence-electron chi connectivity index (χ1n) is 7.43. The summed E-state index contributed by atoms with van der Waals surface area (Å²) in [7, 11) is 3.64. The van der Waals surface area contributed by atoms with Crippen LogP contribution in [0.2, 0.25) is 0 Å². The Morgan fingerprint density at radius 2 is 2.26 bits per heavy atom. The van der Waals surface area contributed by atoms with Gasteiger partial charge in [-0.3, -0.25) is 14.6 Å². The van der Waals surface area contributed by atoms with Gasteiger partial charge < -0.3 is 14.2 Å². The van der Waals surface area contributed by atoms with E-state index < -0.39 is 0 Å². The van der Waals surface area contributed by atoms with Gasteiger partial charge in [0.25, 0.3) is 11.5 Å². The smallest absolute Gasteiger partial charge is 0.276 e. The molecule has 0 bridgehead atoms. The van der Waals surface area contributed by atoms with Crippen molar-refractivity contribution in [2.45, 2.75) is 19.3 Å². The van der Waals surface area contributed by atoms with Gasteiger partial charge in [0.1, 0.15) is 5.76 Å². The molecule has 1 saturated heterocycles. The van der Waals surface area contributed by atoms with Gasteiger partial charge in [0, 0.05) is 39.2 Å². The van der Waals surface area contributed by atoms with Crippen molar-refractivity contribution in [3.63, 3.8) is 0 Å². The molecule has 0 aromatic carbocycles. The Balaban J connectivity index is 1.79. The first-order chi connectivity index (χ1) is 11.0. The number of hydrogen-bond donors (Lipinski definition) is 1. The quantitative estimate of drug-likeness (QED) is 0.898. The zero-order valence-corrected chi connectivity index (χ0v) is 13.4. The topological polar surface area (TPSA) is 95.3 Å². The monoisotopic (exact) mass is 317 g/mol. The van der Waals surface area contributed by atoms with Crippen LogP contribution in [-0.4, -0.2) is 52.9 Å². The number of aromatic nitrogens is 3. The molecule has 23 heavy (non-hydrogen) atoms. The van der Waals surface area contributed by atoms with E-state index in [1.54, 1.807) is 16.7 Å². The minimum absolute atomic E-state index is 0.0483. The molecule has 2 aromatic heterocycles. The van der Waals surface area contributed by atoms with Gasteiger partial charge in [0.05, 0.1) is 5.69 Å². The number of amides is 1. The summed E-state index contributed by atoms with van der Waals surface area (Å²) in [6.45, 7) is 2.85. The summed E-state index contributed by atoms with van der Waals surface area (Å²) in [5.41, 5.74) is 0.874. The van der Waals surface area contributed by atoms with E-state index in [4.69, 9.17) is 4.42 Å². The number of oxazole rings is 1. The Kier molecular flexibility index (Phi) is 3.89. The van der Waals surface area contributed by atoms with Gasteiger partial charge in [-0.15, -0.1) is 0 Å². The third-order valence-corrected chi connectivity index (χ3v) is 4.01. The van der Waals surface area contributed by atoms with Gasteiger partial charge in [0.2, 0.25) is 5.95 Å². The van der Waals surface area contributed by atoms with Crippen LogP contribution in [0.4, 0.5) is 5.95 Å². The second kappa shape index (κ2) is 5.86. The zero-order valence-electron chi connectivity index (χ0n) is 13.4. The number of anilines is 1. The van der Waals surface area contributed by atoms with Gasteiger partial charge in [-0.25, -0.2) is 9.97 Å². The van der Waals surface area contributed by atoms with Crippen LogP contribution in [0, 0.1) is 6.92 Å². The number of carbonyl (C=O) groups is 1. The lowest BCUT2D eigenvalue weighted by Crippen LogP contribution is -2.29. The van der Waals surface area contributed by atoms with Crippen molar-refractivity contribution in [3.05, 3.63) is 40.0 Å². The van der Waals surface area contributed by atoms with E-state index in [2.05, 4.69) is 15.0 Å². The van der Waals surface area contributed by atoms with Crippen LogP contribution in [0.15, 0.2) is 21.7 Å². The van der Waals surface area contributed by atoms with E-state index in [0.717, 1.165) is 6.42 Å². The van der Waals surface area contributed by atoms with E-state index in [1.807, 2.05) is 14.1 Å². The van der Waals surface area contributed by atoms with E-state index in [9.17, 15) is 9.59 Å². The molecular weight excluding hydrogens is 298 g/mol. The lowest BCUT2D eigenvalue weighted by molar-refractivity contribution is 0.0784. The summed E-state index contributed by atoms with van der Waals surface area (Å²) in [4.78, 5) is 38.9. The summed E-state index contributed by atoms with van der Waals surface area (Å²) in [6, 6.07) is 1.51. The zero-order chi connectivity index (χ0) is 16.6. The number of aryl methyl sites for hydroxylation is 1. The van der Waals surface area contributed by atoms with Crippen molar-refractivity contribution in [3.8, 4) is 0 Å². The third-order valence-electron chi connectivity index (χ3n) is 4.01. The number of rotatable bonds is 3. The Morgan fingerprint density at radius 1 is 1.48 bits per heavy atom. The fraction of sp³-hybridized carbons (Fsp3) is 0.467. The predicted molar refractivity (Wildman–Crippen MR) is 83.7 cm³/mol. The fourth-order valence-corrected chi connectivity index (χ4v) is 2.73. The predicted octanol–water partition coefficient (Wildman–Crippen LogP) is 0.762. The maximum Gasteiger partial charge on any atom is 0.276 e. The van der Waals surface area contributed by atoms with Crippen molar-refractivity contribution in [2.24, 2.45) is 0 Å². The normalized spacial score (nSPS) is 17.5. The van der Waals surface area contributed by atoms with E-state index >= 15 is 0 Å². The first kappa shape index (κ1) is 15.3. The number of nitrogens with one attached hydrogen (secondary N) is 1. The number of H-pyrrole nitrogens is 1. The molecule has 0 aliphatic carbocycles. The molecule has 1 fully saturated rings. The van der Waals surface area contributed by atoms with Crippen LogP contribution in [0.1, 0.15) is 34.3 Å². The molecule has 3 heterocycles. The molecule has 1 N–H and O–H groups in total. The van der Waals surface area contributed by atoms with Gasteiger partial charge in [-0.05, 0) is 13.3 Å². The summed E-state index contributed by atoms with van der Waals surface area (Å²) >= 11 is 0. The van der Waals surface area contributed by atoms with Crippen LogP contribution < -0.4 is 10.5 Å². The summed E-state index contributed by atoms with van der Waals surface area (Å²) in [6.07, 6.45) is 2.05. The molecule has 0 saturated carbocycles. The average Bonchev–Trinajstić information content (AvgIpc) is 3.14. The maximum absolute atomic E-state index is 12.5. The summed E-state index contributed by atoms with van der Waals surface area (Å²) in [5, 5.41) is 0. The highest BCUT2D eigenvalue weighted by atomic mass is 16.3. The molecule has 3 rings (SSSR count). The molecule has 1 atom stereocenters. The van der Waals surface area contributed by atoms with Crippen LogP contribution in [-0.2, 0) is 0 Å². The highest BCUT2D eigenvalue weighted by Crippen LogP contribution is 2.27. The van der Waals surface area contributed by atoms with Crippen LogP contribution in [0.3, 0.4) is 0 Å². The van der Waals surface area contributed by atoms with Crippen molar-refractivity contribution >= 4 is 11.9 Å². The van der Waals surface area contributed by atoms with Crippen molar-refractivity contribution in [2.75, 3.05) is 32.1 Å². The molecule has 122 valence electrons. The maximum atomic E-state index is 12.5. The number of aromatic amines is 1. The van der Waals surface area contributed by atoms with Gasteiger partial charge in [-0.1, -0.05) is 0 Å². The lowest BCUT2D eigenvalue weighted by atomic mass is 10.1. The van der Waals surface area contributed by atoms with Crippen molar-refractivity contribution < 1.29 is 9.21 Å². The van der Waals surface area contributed by atoms with Gasteiger partial charge in [0.15, 0.2) is 12.1 Å². The molecule has 8 heteroatoms. The molecule has 1 unspecified atom stereocenters. The Morgan fingerprint density at radius 3 is 2.91 bits per heavy atom. The molecular formula is C15H19N5O3. The third kappa shape index (κ3) is 2.96. The number of nitrogens with zero attached hydrogens (tertiary/aromatic N) is 4. The van der Waals surface area contributed by atoms with Crippen molar-refractivity contribution in [1.29, 1.82) is 0 Å². The van der Waals surface area contributed by atoms with E-state index in [-0.39, 0.29) is 17.4 Å². The van der Waals surface area contributed by atoms with E-state index in [1.165, 1.54) is 12.5 Å². The number of carbonyl (C=O) groups excluding carboxylic acids is 1. The molecule has 2 aromatic rings. The molecule has 0 spiro atoms. The highest BCUT2D eigenvalue weighted by molar-refractivity contribution is 5.93. The van der Waals surface area contributed by atoms with E-state index in [0.29, 0.717) is 36.2 Å². The molecule has 0 radical (unpaired) electrons. The van der Waals surface area contributed by atoms with Crippen LogP contribution >= 0.6 is 0 Å². The Hall–Kier alpha value is -2.64. The molecule has 1 aliphatic rings. The highest BCUT2D eigenvalue weighted by Gasteiger charge is 2.31. The second-order valence-electron chi connectivity index (χ2n) is 5.88. The lowest BCUT2D eigenvalue weighted by Gasteiger charge is -2.16. The molecule has 1 amide bonds. The first-order valence-corrected chi connectivity index (χ1v) is 7.43. The number of hydrogen-bond acceptors (Lipinski definition) is 6. The van der Waals surface area contributed by atoms with Gasteiger partial charge in [-0.2, -0.15) is 0 Å². The fourth-order valence-electron chi connectivity index (χ4n) is 2.73. The standard InChI is InChI=1S/C15H19N5O3/c1-9-13(16-8-23-9)14(22)20-5-4-10(7-20)11-6-12(21)18-15(17-11)19(2)3/h6,8,10H,4-5,7H2,1-3H3,(H,17,18,21). The minimum atomic E-state index is -0.184. The molecule has 1 aliphatic heterocycles.